The molecule has 0 saturated carbocycles. The van der Waals surface area contributed by atoms with Crippen LogP contribution in [0.5, 0.6) is 5.75 Å². The molecule has 0 aromatic heterocycles. The third kappa shape index (κ3) is 5.71. The molecule has 27 heavy (non-hydrogen) atoms. The highest BCUT2D eigenvalue weighted by Gasteiger charge is 2.17. The van der Waals surface area contributed by atoms with Crippen molar-refractivity contribution in [2.24, 2.45) is 0 Å². The zero-order chi connectivity index (χ0) is 19.8. The van der Waals surface area contributed by atoms with Crippen molar-refractivity contribution in [3.63, 3.8) is 0 Å². The van der Waals surface area contributed by atoms with Crippen LogP contribution in [-0.4, -0.2) is 30.9 Å². The zero-order valence-electron chi connectivity index (χ0n) is 14.9. The maximum atomic E-state index is 12.5. The van der Waals surface area contributed by atoms with Gasteiger partial charge in [0.2, 0.25) is 0 Å². The van der Waals surface area contributed by atoms with Crippen molar-refractivity contribution in [2.75, 3.05) is 7.11 Å². The van der Waals surface area contributed by atoms with Crippen molar-refractivity contribution in [1.29, 1.82) is 0 Å². The Labute approximate surface area is 156 Å². The first kappa shape index (κ1) is 19.7. The second-order valence-corrected chi connectivity index (χ2v) is 5.67. The molecule has 0 fully saturated rings. The van der Waals surface area contributed by atoms with Gasteiger partial charge in [0.15, 0.2) is 0 Å². The van der Waals surface area contributed by atoms with E-state index in [-0.39, 0.29) is 5.70 Å². The molecule has 0 aliphatic carbocycles. The quantitative estimate of drug-likeness (QED) is 0.701. The minimum Gasteiger partial charge on any atom is -0.548 e. The van der Waals surface area contributed by atoms with Gasteiger partial charge in [0.1, 0.15) is 11.4 Å². The SMILES string of the molecule is COc1ccc(C(=O)N/C(=C/c2ccccc2)C(=O)N[C@@H](C)C(=O)[O-])cc1. The number of ether oxygens (including phenoxy) is 1. The normalized spacial score (nSPS) is 12.0. The number of benzene rings is 2. The fourth-order valence-corrected chi connectivity index (χ4v) is 2.14. The van der Waals surface area contributed by atoms with Crippen LogP contribution in [0.2, 0.25) is 0 Å². The molecule has 2 aromatic carbocycles. The van der Waals surface area contributed by atoms with E-state index in [0.29, 0.717) is 16.9 Å². The molecular weight excluding hydrogens is 348 g/mol. The van der Waals surface area contributed by atoms with Crippen molar-refractivity contribution >= 4 is 23.9 Å². The van der Waals surface area contributed by atoms with E-state index in [9.17, 15) is 19.5 Å². The minimum absolute atomic E-state index is 0.0879. The van der Waals surface area contributed by atoms with E-state index in [1.807, 2.05) is 6.07 Å². The van der Waals surface area contributed by atoms with Crippen molar-refractivity contribution in [3.8, 4) is 5.75 Å². The van der Waals surface area contributed by atoms with E-state index in [1.54, 1.807) is 48.5 Å². The number of nitrogens with one attached hydrogen (secondary N) is 2. The molecule has 2 rings (SSSR count). The van der Waals surface area contributed by atoms with E-state index >= 15 is 0 Å². The first-order chi connectivity index (χ1) is 12.9. The van der Waals surface area contributed by atoms with Gasteiger partial charge >= 0.3 is 0 Å². The summed E-state index contributed by atoms with van der Waals surface area (Å²) in [5.74, 6) is -2.09. The maximum absolute atomic E-state index is 12.5. The molecule has 0 unspecified atom stereocenters. The van der Waals surface area contributed by atoms with Gasteiger partial charge in [-0.25, -0.2) is 0 Å². The summed E-state index contributed by atoms with van der Waals surface area (Å²) in [6.07, 6.45) is 1.46. The third-order valence-electron chi connectivity index (χ3n) is 3.66. The van der Waals surface area contributed by atoms with Gasteiger partial charge in [0.05, 0.1) is 19.1 Å². The summed E-state index contributed by atoms with van der Waals surface area (Å²) < 4.78 is 5.04. The Bertz CT molecular complexity index is 844. The molecular formula is C20H19N2O5-. The number of rotatable bonds is 7. The topological polar surface area (TPSA) is 108 Å². The molecule has 0 aliphatic rings. The fourth-order valence-electron chi connectivity index (χ4n) is 2.14. The van der Waals surface area contributed by atoms with Crippen LogP contribution in [0, 0.1) is 0 Å². The molecule has 2 aromatic rings. The predicted octanol–water partition coefficient (Wildman–Crippen LogP) is 0.721. The number of hydrogen-bond donors (Lipinski definition) is 2. The first-order valence-corrected chi connectivity index (χ1v) is 8.14. The second-order valence-electron chi connectivity index (χ2n) is 5.67. The molecule has 0 saturated heterocycles. The van der Waals surface area contributed by atoms with Gasteiger partial charge in [-0.3, -0.25) is 9.59 Å². The second kappa shape index (κ2) is 9.19. The van der Waals surface area contributed by atoms with Crippen molar-refractivity contribution < 1.29 is 24.2 Å². The summed E-state index contributed by atoms with van der Waals surface area (Å²) in [7, 11) is 1.51. The van der Waals surface area contributed by atoms with Crippen LogP contribution in [-0.2, 0) is 9.59 Å². The van der Waals surface area contributed by atoms with Gasteiger partial charge < -0.3 is 25.3 Å². The maximum Gasteiger partial charge on any atom is 0.268 e. The smallest absolute Gasteiger partial charge is 0.268 e. The predicted molar refractivity (Wildman–Crippen MR) is 97.5 cm³/mol. The first-order valence-electron chi connectivity index (χ1n) is 8.14. The van der Waals surface area contributed by atoms with Crippen LogP contribution in [0.4, 0.5) is 0 Å². The lowest BCUT2D eigenvalue weighted by atomic mass is 10.1. The number of methoxy groups -OCH3 is 1. The Morgan fingerprint density at radius 2 is 1.67 bits per heavy atom. The number of carboxylic acids is 1. The summed E-state index contributed by atoms with van der Waals surface area (Å²) in [6.45, 7) is 1.28. The summed E-state index contributed by atoms with van der Waals surface area (Å²) >= 11 is 0. The lowest BCUT2D eigenvalue weighted by molar-refractivity contribution is -0.307. The van der Waals surface area contributed by atoms with Gasteiger partial charge in [-0.2, -0.15) is 0 Å². The van der Waals surface area contributed by atoms with Crippen LogP contribution in [0.3, 0.4) is 0 Å². The van der Waals surface area contributed by atoms with E-state index < -0.39 is 23.8 Å². The monoisotopic (exact) mass is 367 g/mol. The molecule has 7 heteroatoms. The standard InChI is InChI=1S/C20H20N2O5/c1-13(20(25)26)21-19(24)17(12-14-6-4-3-5-7-14)22-18(23)15-8-10-16(27-2)11-9-15/h3-13H,1-2H3,(H,21,24)(H,22,23)(H,25,26)/p-1/b17-12+/t13-/m0/s1. The third-order valence-corrected chi connectivity index (χ3v) is 3.66. The van der Waals surface area contributed by atoms with Gasteiger partial charge in [0, 0.05) is 5.56 Å². The number of carbonyl (C=O) groups is 3. The Balaban J connectivity index is 2.25. The molecule has 0 aliphatic heterocycles. The van der Waals surface area contributed by atoms with Crippen LogP contribution in [0.25, 0.3) is 6.08 Å². The van der Waals surface area contributed by atoms with Gasteiger partial charge in [-0.15, -0.1) is 0 Å². The van der Waals surface area contributed by atoms with Gasteiger partial charge in [0.25, 0.3) is 11.8 Å². The molecule has 0 bridgehead atoms. The van der Waals surface area contributed by atoms with E-state index in [1.165, 1.54) is 20.1 Å². The number of aliphatic carboxylic acids is 1. The largest absolute Gasteiger partial charge is 0.548 e. The summed E-state index contributed by atoms with van der Waals surface area (Å²) in [5.41, 5.74) is 0.893. The van der Waals surface area contributed by atoms with Crippen molar-refractivity contribution in [3.05, 3.63) is 71.4 Å². The minimum atomic E-state index is -1.43. The highest BCUT2D eigenvalue weighted by molar-refractivity contribution is 6.06. The molecule has 7 nitrogen and oxygen atoms in total. The Hall–Kier alpha value is -3.61. The lowest BCUT2D eigenvalue weighted by Gasteiger charge is -2.17. The van der Waals surface area contributed by atoms with E-state index in [4.69, 9.17) is 4.74 Å². The van der Waals surface area contributed by atoms with Crippen LogP contribution in [0.1, 0.15) is 22.8 Å². The summed E-state index contributed by atoms with van der Waals surface area (Å²) in [5, 5.41) is 15.7. The molecule has 2 N–H and O–H groups in total. The van der Waals surface area contributed by atoms with Crippen molar-refractivity contribution in [1.82, 2.24) is 10.6 Å². The highest BCUT2D eigenvalue weighted by Crippen LogP contribution is 2.12. The molecule has 140 valence electrons. The molecule has 0 spiro atoms. The number of carboxylic acid groups (broad SMARTS) is 1. The van der Waals surface area contributed by atoms with Crippen LogP contribution < -0.4 is 20.5 Å². The lowest BCUT2D eigenvalue weighted by Crippen LogP contribution is -2.48. The van der Waals surface area contributed by atoms with Gasteiger partial charge in [-0.05, 0) is 42.8 Å². The molecule has 0 heterocycles. The molecule has 1 atom stereocenters. The van der Waals surface area contributed by atoms with E-state index in [2.05, 4.69) is 10.6 Å². The van der Waals surface area contributed by atoms with E-state index in [0.717, 1.165) is 0 Å². The fraction of sp³-hybridized carbons (Fsp3) is 0.150. The Kier molecular flexibility index (Phi) is 6.71. The Morgan fingerprint density at radius 3 is 2.22 bits per heavy atom. The molecule has 2 amide bonds. The van der Waals surface area contributed by atoms with Gasteiger partial charge in [-0.1, -0.05) is 30.3 Å². The average molecular weight is 367 g/mol. The Morgan fingerprint density at radius 1 is 1.04 bits per heavy atom. The van der Waals surface area contributed by atoms with Crippen LogP contribution >= 0.6 is 0 Å². The van der Waals surface area contributed by atoms with Crippen molar-refractivity contribution in [2.45, 2.75) is 13.0 Å². The summed E-state index contributed by atoms with van der Waals surface area (Å²) in [4.78, 5) is 35.8. The molecule has 0 radical (unpaired) electrons. The number of carbonyl (C=O) groups excluding carboxylic acids is 3. The van der Waals surface area contributed by atoms with Crippen LogP contribution in [0.15, 0.2) is 60.3 Å². The highest BCUT2D eigenvalue weighted by atomic mass is 16.5. The summed E-state index contributed by atoms with van der Waals surface area (Å²) in [6, 6.07) is 14.0. The number of amides is 2. The zero-order valence-corrected chi connectivity index (χ0v) is 14.9. The number of hydrogen-bond acceptors (Lipinski definition) is 5. The average Bonchev–Trinajstić information content (AvgIpc) is 2.68.